The van der Waals surface area contributed by atoms with E-state index >= 15 is 0 Å². The molecule has 0 fully saturated rings. The molecule has 0 saturated heterocycles. The van der Waals surface area contributed by atoms with Gasteiger partial charge in [-0.3, -0.25) is 0 Å². The average molecular weight is 523 g/mol. The van der Waals surface area contributed by atoms with Crippen LogP contribution in [0.1, 0.15) is 90.8 Å². The second kappa shape index (κ2) is 15.3. The van der Waals surface area contributed by atoms with Crippen LogP contribution in [-0.2, 0) is 5.41 Å². The molecule has 0 aliphatic rings. The molecule has 3 rings (SSSR count). The molecule has 0 aliphatic carbocycles. The summed E-state index contributed by atoms with van der Waals surface area (Å²) in [4.78, 5) is 9.49. The monoisotopic (exact) mass is 522 g/mol. The maximum absolute atomic E-state index is 9.49. The lowest BCUT2D eigenvalue weighted by Gasteiger charge is -2.34. The highest BCUT2D eigenvalue weighted by atomic mass is 28.4. The summed E-state index contributed by atoms with van der Waals surface area (Å²) in [5, 5.41) is 7.13. The molecule has 3 unspecified atom stereocenters. The Labute approximate surface area is 230 Å². The maximum atomic E-state index is 9.49. The zero-order valence-corrected chi connectivity index (χ0v) is 25.8. The van der Waals surface area contributed by atoms with Crippen LogP contribution < -0.4 is 0 Å². The van der Waals surface area contributed by atoms with Gasteiger partial charge in [0.05, 0.1) is 0 Å². The van der Waals surface area contributed by atoms with Crippen LogP contribution in [0, 0.1) is 0 Å². The number of aliphatic hydroxyl groups excluding tert-OH is 1. The Morgan fingerprint density at radius 2 is 1.11 bits per heavy atom. The average Bonchev–Trinajstić information content (AvgIpc) is 2.90. The molecule has 2 N–H and O–H groups in total. The van der Waals surface area contributed by atoms with E-state index < -0.39 is 8.32 Å². The first kappa shape index (κ1) is 32.8. The third-order valence-corrected chi connectivity index (χ3v) is 11.7. The highest BCUT2D eigenvalue weighted by Gasteiger charge is 2.33. The molecule has 0 aromatic heterocycles. The van der Waals surface area contributed by atoms with Crippen molar-refractivity contribution in [2.45, 2.75) is 96.2 Å². The van der Waals surface area contributed by atoms with Crippen molar-refractivity contribution in [2.24, 2.45) is 0 Å². The van der Waals surface area contributed by atoms with Gasteiger partial charge in [0, 0.05) is 8.54 Å². The first-order chi connectivity index (χ1) is 17.4. The van der Waals surface area contributed by atoms with Gasteiger partial charge >= 0.3 is 0 Å². The van der Waals surface area contributed by atoms with Gasteiger partial charge in [-0.2, -0.15) is 0 Å². The summed E-state index contributed by atoms with van der Waals surface area (Å²) in [5.41, 5.74) is 4.56. The fraction of sp³-hybridized carbons (Fsp3) is 0.471. The number of rotatable bonds is 8. The normalized spacial score (nSPS) is 14.7. The Hall–Kier alpha value is -2.20. The zero-order valence-electron chi connectivity index (χ0n) is 24.8. The van der Waals surface area contributed by atoms with Crippen molar-refractivity contribution in [3.8, 4) is 0 Å². The minimum atomic E-state index is -1.86. The van der Waals surface area contributed by atoms with E-state index in [0.717, 1.165) is 13.5 Å². The molecule has 3 atom stereocenters. The first-order valence-electron chi connectivity index (χ1n) is 13.7. The van der Waals surface area contributed by atoms with Crippen molar-refractivity contribution >= 4 is 8.32 Å². The summed E-state index contributed by atoms with van der Waals surface area (Å²) >= 11 is 0. The Balaban J connectivity index is 0.00000107. The molecule has 3 heteroatoms. The summed E-state index contributed by atoms with van der Waals surface area (Å²) < 4.78 is 0. The fourth-order valence-electron chi connectivity index (χ4n) is 4.26. The van der Waals surface area contributed by atoms with E-state index in [1.54, 1.807) is 0 Å². The summed E-state index contributed by atoms with van der Waals surface area (Å²) in [6.45, 7) is 17.3. The molecule has 3 aromatic carbocycles. The summed E-state index contributed by atoms with van der Waals surface area (Å²) in [5.74, 6) is 1.10. The number of aliphatic hydroxyl groups is 1. The lowest BCUT2D eigenvalue weighted by Crippen LogP contribution is -2.36. The second-order valence-corrected chi connectivity index (χ2v) is 16.6. The van der Waals surface area contributed by atoms with Gasteiger partial charge in [-0.1, -0.05) is 133 Å². The van der Waals surface area contributed by atoms with Crippen molar-refractivity contribution < 1.29 is 11.3 Å². The zero-order chi connectivity index (χ0) is 28.1. The molecule has 0 bridgehead atoms. The van der Waals surface area contributed by atoms with Crippen LogP contribution in [0.2, 0.25) is 18.1 Å². The van der Waals surface area contributed by atoms with Gasteiger partial charge in [0.15, 0.2) is 8.32 Å². The Morgan fingerprint density at radius 1 is 0.730 bits per heavy atom. The van der Waals surface area contributed by atoms with E-state index in [9.17, 15) is 4.80 Å². The third kappa shape index (κ3) is 10.6. The fourth-order valence-corrected chi connectivity index (χ4v) is 4.26. The van der Waals surface area contributed by atoms with Gasteiger partial charge in [0.2, 0.25) is 0 Å². The van der Waals surface area contributed by atoms with E-state index in [1.807, 2.05) is 13.1 Å². The van der Waals surface area contributed by atoms with Crippen LogP contribution in [-0.4, -0.2) is 25.3 Å². The van der Waals surface area contributed by atoms with Crippen LogP contribution in [0.25, 0.3) is 0 Å². The molecule has 0 amide bonds. The smallest absolute Gasteiger partial charge is 0.187 e. The van der Waals surface area contributed by atoms with Gasteiger partial charge in [-0.25, -0.2) is 0 Å². The van der Waals surface area contributed by atoms with Gasteiger partial charge < -0.3 is 9.90 Å². The highest BCUT2D eigenvalue weighted by molar-refractivity contribution is 6.72. The topological polar surface area (TPSA) is 40.5 Å². The lowest BCUT2D eigenvalue weighted by molar-refractivity contribution is 0.358. The van der Waals surface area contributed by atoms with E-state index in [4.69, 9.17) is 5.11 Å². The van der Waals surface area contributed by atoms with Gasteiger partial charge in [0.1, 0.15) is 0 Å². The van der Waals surface area contributed by atoms with Crippen molar-refractivity contribution in [3.05, 3.63) is 108 Å². The SMILES string of the molecule is CC(C)(C)[Si](C)(C)O.CCC(C)(CC(CC(C)c1ccccc1)c1ccccc1)c1ccccc1.CO.[HH]. The molecule has 0 radical (unpaired) electrons. The van der Waals surface area contributed by atoms with Crippen LogP contribution in [0.4, 0.5) is 0 Å². The van der Waals surface area contributed by atoms with Crippen molar-refractivity contribution in [3.63, 3.8) is 0 Å². The van der Waals surface area contributed by atoms with Crippen LogP contribution >= 0.6 is 0 Å². The van der Waals surface area contributed by atoms with Crippen molar-refractivity contribution in [1.29, 1.82) is 0 Å². The van der Waals surface area contributed by atoms with Crippen LogP contribution in [0.5, 0.6) is 0 Å². The van der Waals surface area contributed by atoms with E-state index in [0.29, 0.717) is 11.8 Å². The minimum Gasteiger partial charge on any atom is -0.432 e. The summed E-state index contributed by atoms with van der Waals surface area (Å²) in [7, 11) is -0.859. The lowest BCUT2D eigenvalue weighted by atomic mass is 9.70. The number of hydrogen-bond donors (Lipinski definition) is 2. The minimum absolute atomic E-state index is 0. The van der Waals surface area contributed by atoms with Crippen LogP contribution in [0.3, 0.4) is 0 Å². The summed E-state index contributed by atoms with van der Waals surface area (Å²) in [6, 6.07) is 33.1. The Morgan fingerprint density at radius 3 is 1.49 bits per heavy atom. The Kier molecular flexibility index (Phi) is 13.5. The molecule has 3 aromatic rings. The highest BCUT2D eigenvalue weighted by Crippen LogP contribution is 2.42. The van der Waals surface area contributed by atoms with E-state index in [-0.39, 0.29) is 11.9 Å². The second-order valence-electron chi connectivity index (χ2n) is 11.9. The van der Waals surface area contributed by atoms with Gasteiger partial charge in [-0.15, -0.1) is 0 Å². The van der Waals surface area contributed by atoms with E-state index in [2.05, 4.69) is 133 Å². The molecule has 0 heterocycles. The molecule has 0 aliphatic heterocycles. The quantitative estimate of drug-likeness (QED) is 0.289. The third-order valence-electron chi connectivity index (χ3n) is 8.06. The molecule has 206 valence electrons. The molecular formula is C34H54O2Si. The molecule has 2 nitrogen and oxygen atoms in total. The van der Waals surface area contributed by atoms with Crippen molar-refractivity contribution in [2.75, 3.05) is 7.11 Å². The summed E-state index contributed by atoms with van der Waals surface area (Å²) in [6.07, 6.45) is 3.51. The molecule has 0 saturated carbocycles. The van der Waals surface area contributed by atoms with Gasteiger partial charge in [-0.05, 0) is 71.3 Å². The van der Waals surface area contributed by atoms with E-state index in [1.165, 1.54) is 29.5 Å². The predicted molar refractivity (Wildman–Crippen MR) is 167 cm³/mol. The molecule has 37 heavy (non-hydrogen) atoms. The Bertz CT molecular complexity index is 970. The largest absolute Gasteiger partial charge is 0.432 e. The van der Waals surface area contributed by atoms with Gasteiger partial charge in [0.25, 0.3) is 0 Å². The molecular weight excluding hydrogens is 468 g/mol. The maximum Gasteiger partial charge on any atom is 0.187 e. The number of benzene rings is 3. The predicted octanol–water partition coefficient (Wildman–Crippen LogP) is 9.56. The van der Waals surface area contributed by atoms with Crippen LogP contribution in [0.15, 0.2) is 91.0 Å². The van der Waals surface area contributed by atoms with Crippen molar-refractivity contribution in [1.82, 2.24) is 0 Å². The number of hydrogen-bond acceptors (Lipinski definition) is 2. The first-order valence-corrected chi connectivity index (χ1v) is 16.6. The molecule has 0 spiro atoms. The standard InChI is InChI=1S/C27H32.C6H16OSi.CH4O.H2/c1-4-27(3,26-18-12-7-13-19-26)21-25(24-16-10-6-11-17-24)20-22(2)23-14-8-5-9-15-23;1-6(2,3)8(4,5)7;1-2;/h5-19,22,25H,4,20-21H2,1-3H3;7H,1-5H3;2H,1H3;1H.